The molecule has 0 fully saturated rings. The number of fused-ring (bicyclic) bond motifs is 2. The molecule has 31 heavy (non-hydrogen) atoms. The van der Waals surface area contributed by atoms with E-state index >= 15 is 0 Å². The number of rotatable bonds is 5. The van der Waals surface area contributed by atoms with E-state index in [4.69, 9.17) is 9.72 Å². The van der Waals surface area contributed by atoms with E-state index in [1.807, 2.05) is 66.1 Å². The summed E-state index contributed by atoms with van der Waals surface area (Å²) in [6.07, 6.45) is 5.48. The van der Waals surface area contributed by atoms with Gasteiger partial charge in [-0.2, -0.15) is 0 Å². The van der Waals surface area contributed by atoms with Gasteiger partial charge in [0.1, 0.15) is 22.9 Å². The number of imidazole rings is 1. The summed E-state index contributed by atoms with van der Waals surface area (Å²) in [5.74, 6) is 1.47. The Morgan fingerprint density at radius 2 is 1.97 bits per heavy atom. The number of ether oxygens (including phenoxy) is 1. The van der Waals surface area contributed by atoms with E-state index in [-0.39, 0.29) is 5.56 Å². The number of hydrogen-bond donors (Lipinski definition) is 2. The summed E-state index contributed by atoms with van der Waals surface area (Å²) in [5.41, 5.74) is 4.57. The highest BCUT2D eigenvalue weighted by molar-refractivity contribution is 5.87. The number of hydrogen-bond acceptors (Lipinski definition) is 5. The summed E-state index contributed by atoms with van der Waals surface area (Å²) < 4.78 is 7.26. The number of aromatic amines is 1. The van der Waals surface area contributed by atoms with Crippen LogP contribution in [0, 0.1) is 6.92 Å². The van der Waals surface area contributed by atoms with Crippen molar-refractivity contribution in [1.82, 2.24) is 19.4 Å². The summed E-state index contributed by atoms with van der Waals surface area (Å²) >= 11 is 0. The van der Waals surface area contributed by atoms with Gasteiger partial charge in [0, 0.05) is 31.2 Å². The molecule has 0 atom stereocenters. The Balaban J connectivity index is 1.68. The minimum absolute atomic E-state index is 0.200. The van der Waals surface area contributed by atoms with Gasteiger partial charge in [-0.1, -0.05) is 6.07 Å². The molecule has 7 heteroatoms. The average molecular weight is 411 g/mol. The second kappa shape index (κ2) is 7.60. The molecule has 0 aliphatic rings. The highest BCUT2D eigenvalue weighted by Crippen LogP contribution is 2.30. The van der Waals surface area contributed by atoms with Crippen molar-refractivity contribution in [3.8, 4) is 17.0 Å². The molecule has 154 valence electrons. The van der Waals surface area contributed by atoms with Gasteiger partial charge in [0.15, 0.2) is 0 Å². The zero-order chi connectivity index (χ0) is 21.4. The molecule has 0 saturated carbocycles. The highest BCUT2D eigenvalue weighted by atomic mass is 16.5. The number of H-pyrrole nitrogens is 1. The van der Waals surface area contributed by atoms with E-state index in [1.165, 1.54) is 0 Å². The van der Waals surface area contributed by atoms with Crippen LogP contribution in [0.25, 0.3) is 27.8 Å². The Hall–Kier alpha value is -4.13. The van der Waals surface area contributed by atoms with Crippen molar-refractivity contribution in [2.24, 2.45) is 0 Å². The molecule has 5 aromatic rings. The molecule has 0 spiro atoms. The van der Waals surface area contributed by atoms with Crippen molar-refractivity contribution in [2.75, 3.05) is 12.4 Å². The normalized spacial score (nSPS) is 11.2. The minimum atomic E-state index is -0.200. The zero-order valence-electron chi connectivity index (χ0n) is 17.2. The maximum Gasteiger partial charge on any atom is 0.258 e. The highest BCUT2D eigenvalue weighted by Gasteiger charge is 2.18. The van der Waals surface area contributed by atoms with Gasteiger partial charge < -0.3 is 15.0 Å². The molecular weight excluding hydrogens is 390 g/mol. The molecule has 4 aromatic heterocycles. The number of aryl methyl sites for hydroxylation is 1. The molecule has 0 amide bonds. The Bertz CT molecular complexity index is 1450. The van der Waals surface area contributed by atoms with Crippen molar-refractivity contribution in [1.29, 1.82) is 0 Å². The summed E-state index contributed by atoms with van der Waals surface area (Å²) in [7, 11) is 1.60. The SMILES string of the molecule is COc1ccc2cc(-c3nc4c(C)cccn4c3NCc3ccncc3)c(=O)[nH]c2c1. The minimum Gasteiger partial charge on any atom is -0.497 e. The maximum atomic E-state index is 13.0. The molecule has 0 aliphatic heterocycles. The van der Waals surface area contributed by atoms with Gasteiger partial charge in [0.25, 0.3) is 5.56 Å². The lowest BCUT2D eigenvalue weighted by Gasteiger charge is -2.10. The largest absolute Gasteiger partial charge is 0.497 e. The summed E-state index contributed by atoms with van der Waals surface area (Å²) in [5, 5.41) is 4.38. The van der Waals surface area contributed by atoms with Crippen LogP contribution in [0.2, 0.25) is 0 Å². The predicted octanol–water partition coefficient (Wildman–Crippen LogP) is 4.17. The first-order chi connectivity index (χ1) is 15.1. The Morgan fingerprint density at radius 1 is 1.13 bits per heavy atom. The van der Waals surface area contributed by atoms with Crippen molar-refractivity contribution < 1.29 is 4.74 Å². The number of nitrogens with one attached hydrogen (secondary N) is 2. The van der Waals surface area contributed by atoms with Crippen LogP contribution in [0.3, 0.4) is 0 Å². The van der Waals surface area contributed by atoms with Gasteiger partial charge in [-0.15, -0.1) is 0 Å². The Kier molecular flexibility index (Phi) is 4.63. The molecule has 0 aliphatic carbocycles. The molecule has 0 unspecified atom stereocenters. The summed E-state index contributed by atoms with van der Waals surface area (Å²) in [4.78, 5) is 24.9. The fourth-order valence-corrected chi connectivity index (χ4v) is 3.73. The fourth-order valence-electron chi connectivity index (χ4n) is 3.73. The van der Waals surface area contributed by atoms with Crippen molar-refractivity contribution in [2.45, 2.75) is 13.5 Å². The lowest BCUT2D eigenvalue weighted by atomic mass is 10.1. The second-order valence-corrected chi connectivity index (χ2v) is 7.37. The summed E-state index contributed by atoms with van der Waals surface area (Å²) in [6, 6.07) is 15.4. The van der Waals surface area contributed by atoms with E-state index in [0.29, 0.717) is 23.6 Å². The lowest BCUT2D eigenvalue weighted by molar-refractivity contribution is 0.415. The smallest absolute Gasteiger partial charge is 0.258 e. The first-order valence-corrected chi connectivity index (χ1v) is 9.96. The predicted molar refractivity (Wildman–Crippen MR) is 122 cm³/mol. The van der Waals surface area contributed by atoms with Crippen molar-refractivity contribution >= 4 is 22.4 Å². The van der Waals surface area contributed by atoms with Crippen LogP contribution < -0.4 is 15.6 Å². The number of anilines is 1. The van der Waals surface area contributed by atoms with Gasteiger partial charge in [0.05, 0.1) is 18.2 Å². The third kappa shape index (κ3) is 3.40. The van der Waals surface area contributed by atoms with Crippen LogP contribution in [0.15, 0.2) is 71.9 Å². The lowest BCUT2D eigenvalue weighted by Crippen LogP contribution is -2.11. The molecule has 0 saturated heterocycles. The van der Waals surface area contributed by atoms with Crippen molar-refractivity contribution in [3.63, 3.8) is 0 Å². The molecule has 0 radical (unpaired) electrons. The van der Waals surface area contributed by atoms with Gasteiger partial charge in [-0.05, 0) is 59.8 Å². The van der Waals surface area contributed by atoms with Gasteiger partial charge in [-0.3, -0.25) is 14.2 Å². The van der Waals surface area contributed by atoms with Crippen LogP contribution in [0.5, 0.6) is 5.75 Å². The number of nitrogens with zero attached hydrogens (tertiary/aromatic N) is 3. The maximum absolute atomic E-state index is 13.0. The van der Waals surface area contributed by atoms with E-state index in [9.17, 15) is 4.79 Å². The van der Waals surface area contributed by atoms with Crippen LogP contribution in [-0.4, -0.2) is 26.5 Å². The molecule has 1 aromatic carbocycles. The van der Waals surface area contributed by atoms with E-state index in [0.717, 1.165) is 33.5 Å². The molecule has 5 rings (SSSR count). The number of benzene rings is 1. The van der Waals surface area contributed by atoms with Crippen LogP contribution in [-0.2, 0) is 6.54 Å². The molecule has 4 heterocycles. The zero-order valence-corrected chi connectivity index (χ0v) is 17.2. The second-order valence-electron chi connectivity index (χ2n) is 7.37. The number of aromatic nitrogens is 4. The summed E-state index contributed by atoms with van der Waals surface area (Å²) in [6.45, 7) is 2.59. The van der Waals surface area contributed by atoms with Crippen molar-refractivity contribution in [3.05, 3.63) is 88.6 Å². The molecule has 2 N–H and O–H groups in total. The molecular formula is C24H21N5O2. The van der Waals surface area contributed by atoms with Gasteiger partial charge >= 0.3 is 0 Å². The standard InChI is InChI=1S/C24H21N5O2/c1-15-4-3-11-29-22(15)28-21(23(29)26-14-16-7-9-25-10-8-16)19-12-17-5-6-18(31-2)13-20(17)27-24(19)30/h3-13,26H,14H2,1-2H3,(H,27,30). The van der Waals surface area contributed by atoms with Crippen LogP contribution >= 0.6 is 0 Å². The average Bonchev–Trinajstić information content (AvgIpc) is 3.17. The quantitative estimate of drug-likeness (QED) is 0.454. The monoisotopic (exact) mass is 411 g/mol. The molecule has 7 nitrogen and oxygen atoms in total. The Morgan fingerprint density at radius 3 is 2.77 bits per heavy atom. The topological polar surface area (TPSA) is 84.3 Å². The van der Waals surface area contributed by atoms with E-state index in [1.54, 1.807) is 19.5 Å². The van der Waals surface area contributed by atoms with Crippen LogP contribution in [0.4, 0.5) is 5.82 Å². The fraction of sp³-hybridized carbons (Fsp3) is 0.125. The third-order valence-electron chi connectivity index (χ3n) is 5.36. The van der Waals surface area contributed by atoms with E-state index in [2.05, 4.69) is 15.3 Å². The third-order valence-corrected chi connectivity index (χ3v) is 5.36. The number of pyridine rings is 3. The Labute approximate surface area is 178 Å². The molecule has 0 bridgehead atoms. The van der Waals surface area contributed by atoms with Gasteiger partial charge in [0.2, 0.25) is 0 Å². The van der Waals surface area contributed by atoms with Gasteiger partial charge in [-0.25, -0.2) is 4.98 Å². The van der Waals surface area contributed by atoms with Crippen LogP contribution in [0.1, 0.15) is 11.1 Å². The number of methoxy groups -OCH3 is 1. The van der Waals surface area contributed by atoms with E-state index < -0.39 is 0 Å². The first kappa shape index (κ1) is 18.9. The first-order valence-electron chi connectivity index (χ1n) is 9.96.